The van der Waals surface area contributed by atoms with Gasteiger partial charge in [0.15, 0.2) is 0 Å². The number of nitrogens with zero attached hydrogens (tertiary/aromatic N) is 2. The Morgan fingerprint density at radius 1 is 1.35 bits per heavy atom. The number of hydrogen-bond donors (Lipinski definition) is 0. The zero-order valence-electron chi connectivity index (χ0n) is 11.4. The van der Waals surface area contributed by atoms with Crippen molar-refractivity contribution in [3.63, 3.8) is 0 Å². The lowest BCUT2D eigenvalue weighted by Gasteiger charge is -2.22. The Morgan fingerprint density at radius 3 is 2.90 bits per heavy atom. The molecule has 0 unspecified atom stereocenters. The number of hydrogen-bond acceptors (Lipinski definition) is 3. The van der Waals surface area contributed by atoms with Gasteiger partial charge in [-0.2, -0.15) is 11.3 Å². The Bertz CT molecular complexity index is 549. The molecule has 1 aliphatic carbocycles. The summed E-state index contributed by atoms with van der Waals surface area (Å²) in [5, 5.41) is 4.18. The third-order valence-corrected chi connectivity index (χ3v) is 4.31. The summed E-state index contributed by atoms with van der Waals surface area (Å²) in [4.78, 5) is 18.8. The lowest BCUT2D eigenvalue weighted by molar-refractivity contribution is -0.132. The van der Waals surface area contributed by atoms with E-state index in [1.807, 2.05) is 23.1 Å². The molecule has 2 aromatic heterocycles. The average Bonchev–Trinajstić information content (AvgIpc) is 3.19. The van der Waals surface area contributed by atoms with E-state index in [0.29, 0.717) is 19.0 Å². The van der Waals surface area contributed by atoms with Gasteiger partial charge in [0.25, 0.3) is 0 Å². The second-order valence-corrected chi connectivity index (χ2v) is 5.99. The van der Waals surface area contributed by atoms with E-state index in [4.69, 9.17) is 0 Å². The summed E-state index contributed by atoms with van der Waals surface area (Å²) in [5.74, 6) is 0.254. The Hall–Kier alpha value is -1.68. The Morgan fingerprint density at radius 2 is 2.25 bits per heavy atom. The number of carbonyl (C=O) groups is 1. The molecule has 1 amide bonds. The fraction of sp³-hybridized carbons (Fsp3) is 0.375. The van der Waals surface area contributed by atoms with Gasteiger partial charge in [-0.05, 0) is 53.8 Å². The second kappa shape index (κ2) is 6.18. The van der Waals surface area contributed by atoms with E-state index in [-0.39, 0.29) is 5.91 Å². The molecule has 3 nitrogen and oxygen atoms in total. The largest absolute Gasteiger partial charge is 0.334 e. The Labute approximate surface area is 123 Å². The molecule has 1 aliphatic rings. The van der Waals surface area contributed by atoms with Crippen molar-refractivity contribution >= 4 is 17.2 Å². The molecule has 2 heterocycles. The predicted molar refractivity (Wildman–Crippen MR) is 80.4 cm³/mol. The van der Waals surface area contributed by atoms with Gasteiger partial charge in [-0.1, -0.05) is 6.07 Å². The van der Waals surface area contributed by atoms with Crippen LogP contribution >= 0.6 is 11.3 Å². The first-order valence-corrected chi connectivity index (χ1v) is 7.97. The fourth-order valence-electron chi connectivity index (χ4n) is 2.30. The van der Waals surface area contributed by atoms with Crippen molar-refractivity contribution in [3.8, 4) is 0 Å². The van der Waals surface area contributed by atoms with Crippen LogP contribution in [-0.2, 0) is 17.8 Å². The number of aryl methyl sites for hydroxylation is 1. The van der Waals surface area contributed by atoms with Gasteiger partial charge in [0, 0.05) is 18.7 Å². The van der Waals surface area contributed by atoms with Crippen molar-refractivity contribution < 1.29 is 4.79 Å². The number of pyridine rings is 1. The molecular weight excluding hydrogens is 268 g/mol. The average molecular weight is 286 g/mol. The molecule has 0 atom stereocenters. The summed E-state index contributed by atoms with van der Waals surface area (Å²) in [6.45, 7) is 0.647. The third kappa shape index (κ3) is 3.45. The minimum atomic E-state index is 0.254. The highest BCUT2D eigenvalue weighted by atomic mass is 32.1. The zero-order chi connectivity index (χ0) is 13.8. The summed E-state index contributed by atoms with van der Waals surface area (Å²) in [6.07, 6.45) is 5.50. The van der Waals surface area contributed by atoms with Gasteiger partial charge in [0.1, 0.15) is 0 Å². The Kier molecular flexibility index (Phi) is 4.11. The molecule has 0 bridgehead atoms. The van der Waals surface area contributed by atoms with Gasteiger partial charge in [-0.25, -0.2) is 0 Å². The molecule has 0 radical (unpaired) electrons. The summed E-state index contributed by atoms with van der Waals surface area (Å²) in [7, 11) is 0. The number of thiophene rings is 1. The standard InChI is InChI=1S/C16H18N2OS/c19-16(7-4-13-8-10-20-12-13)18(15-5-6-15)11-14-3-1-2-9-17-14/h1-3,8-10,12,15H,4-7,11H2. The summed E-state index contributed by atoms with van der Waals surface area (Å²) < 4.78 is 0. The summed E-state index contributed by atoms with van der Waals surface area (Å²) in [5.41, 5.74) is 2.24. The van der Waals surface area contributed by atoms with E-state index < -0.39 is 0 Å². The maximum absolute atomic E-state index is 12.4. The van der Waals surface area contributed by atoms with E-state index in [9.17, 15) is 4.79 Å². The molecule has 0 saturated heterocycles. The van der Waals surface area contributed by atoms with Gasteiger partial charge in [0.05, 0.1) is 12.2 Å². The highest BCUT2D eigenvalue weighted by Crippen LogP contribution is 2.29. The molecular formula is C16H18N2OS. The van der Waals surface area contributed by atoms with Crippen LogP contribution in [0, 0.1) is 0 Å². The highest BCUT2D eigenvalue weighted by Gasteiger charge is 2.32. The van der Waals surface area contributed by atoms with Gasteiger partial charge in [-0.15, -0.1) is 0 Å². The van der Waals surface area contributed by atoms with Crippen molar-refractivity contribution in [2.45, 2.75) is 38.3 Å². The van der Waals surface area contributed by atoms with E-state index >= 15 is 0 Å². The number of amides is 1. The minimum absolute atomic E-state index is 0.254. The zero-order valence-corrected chi connectivity index (χ0v) is 12.2. The van der Waals surface area contributed by atoms with Crippen LogP contribution in [-0.4, -0.2) is 21.8 Å². The van der Waals surface area contributed by atoms with Crippen LogP contribution in [0.2, 0.25) is 0 Å². The van der Waals surface area contributed by atoms with E-state index in [0.717, 1.165) is 25.0 Å². The minimum Gasteiger partial charge on any atom is -0.334 e. The molecule has 0 aliphatic heterocycles. The van der Waals surface area contributed by atoms with Crippen LogP contribution in [0.1, 0.15) is 30.5 Å². The number of rotatable bonds is 6. The van der Waals surface area contributed by atoms with Crippen molar-refractivity contribution in [2.75, 3.05) is 0 Å². The summed E-state index contributed by atoms with van der Waals surface area (Å²) >= 11 is 1.69. The highest BCUT2D eigenvalue weighted by molar-refractivity contribution is 7.07. The van der Waals surface area contributed by atoms with Crippen LogP contribution in [0.3, 0.4) is 0 Å². The second-order valence-electron chi connectivity index (χ2n) is 5.21. The SMILES string of the molecule is O=C(CCc1ccsc1)N(Cc1ccccn1)C1CC1. The van der Waals surface area contributed by atoms with E-state index in [1.54, 1.807) is 17.5 Å². The maximum Gasteiger partial charge on any atom is 0.223 e. The monoisotopic (exact) mass is 286 g/mol. The quantitative estimate of drug-likeness (QED) is 0.816. The molecule has 3 rings (SSSR count). The normalized spacial score (nSPS) is 14.2. The number of aromatic nitrogens is 1. The first-order chi connectivity index (χ1) is 9.83. The topological polar surface area (TPSA) is 33.2 Å². The van der Waals surface area contributed by atoms with Gasteiger partial charge >= 0.3 is 0 Å². The smallest absolute Gasteiger partial charge is 0.223 e. The lowest BCUT2D eigenvalue weighted by Crippen LogP contribution is -2.33. The van der Waals surface area contributed by atoms with Crippen LogP contribution in [0.4, 0.5) is 0 Å². The summed E-state index contributed by atoms with van der Waals surface area (Å²) in [6, 6.07) is 8.40. The Balaban J connectivity index is 1.60. The first-order valence-electron chi connectivity index (χ1n) is 7.03. The molecule has 104 valence electrons. The molecule has 20 heavy (non-hydrogen) atoms. The van der Waals surface area contributed by atoms with Crippen LogP contribution in [0.15, 0.2) is 41.2 Å². The molecule has 0 aromatic carbocycles. The van der Waals surface area contributed by atoms with Crippen LogP contribution in [0.25, 0.3) is 0 Å². The first kappa shape index (κ1) is 13.3. The van der Waals surface area contributed by atoms with E-state index in [2.05, 4.69) is 21.8 Å². The molecule has 0 N–H and O–H groups in total. The predicted octanol–water partition coefficient (Wildman–Crippen LogP) is 3.27. The van der Waals surface area contributed by atoms with Gasteiger partial charge in [-0.3, -0.25) is 9.78 Å². The third-order valence-electron chi connectivity index (χ3n) is 3.57. The van der Waals surface area contributed by atoms with Gasteiger partial charge < -0.3 is 4.90 Å². The maximum atomic E-state index is 12.4. The van der Waals surface area contributed by atoms with E-state index in [1.165, 1.54) is 5.56 Å². The van der Waals surface area contributed by atoms with Gasteiger partial charge in [0.2, 0.25) is 5.91 Å². The van der Waals surface area contributed by atoms with Crippen LogP contribution < -0.4 is 0 Å². The van der Waals surface area contributed by atoms with Crippen molar-refractivity contribution in [1.82, 2.24) is 9.88 Å². The van der Waals surface area contributed by atoms with Crippen molar-refractivity contribution in [2.24, 2.45) is 0 Å². The molecule has 1 saturated carbocycles. The molecule has 1 fully saturated rings. The molecule has 4 heteroatoms. The van der Waals surface area contributed by atoms with Crippen LogP contribution in [0.5, 0.6) is 0 Å². The van der Waals surface area contributed by atoms with Crippen molar-refractivity contribution in [3.05, 3.63) is 52.5 Å². The fourth-order valence-corrected chi connectivity index (χ4v) is 3.01. The van der Waals surface area contributed by atoms with Crippen molar-refractivity contribution in [1.29, 1.82) is 0 Å². The lowest BCUT2D eigenvalue weighted by atomic mass is 10.1. The molecule has 0 spiro atoms. The number of carbonyl (C=O) groups excluding carboxylic acids is 1. The molecule has 2 aromatic rings.